The van der Waals surface area contributed by atoms with Crippen LogP contribution in [0.2, 0.25) is 10.0 Å². The van der Waals surface area contributed by atoms with E-state index in [0.717, 1.165) is 88.5 Å². The predicted octanol–water partition coefficient (Wildman–Crippen LogP) is 7.82. The zero-order chi connectivity index (χ0) is 42.1. The van der Waals surface area contributed by atoms with E-state index in [0.29, 0.717) is 19.0 Å². The van der Waals surface area contributed by atoms with Crippen molar-refractivity contribution in [1.29, 1.82) is 0 Å². The smallest absolute Gasteiger partial charge is 0.268 e. The van der Waals surface area contributed by atoms with Crippen LogP contribution in [0.1, 0.15) is 81.1 Å². The Kier molecular flexibility index (Phi) is 13.1. The number of fused-ring (bicyclic) bond motifs is 1. The lowest BCUT2D eigenvalue weighted by Crippen LogP contribution is -2.47. The highest BCUT2D eigenvalue weighted by Gasteiger charge is 2.39. The van der Waals surface area contributed by atoms with Gasteiger partial charge in [-0.05, 0) is 97.5 Å². The highest BCUT2D eigenvalue weighted by molar-refractivity contribution is 7.90. The number of sulfonamides is 1. The Morgan fingerprint density at radius 2 is 1.73 bits per heavy atom. The van der Waals surface area contributed by atoms with E-state index in [1.54, 1.807) is 6.07 Å². The Hall–Kier alpha value is -3.43. The minimum Gasteiger partial charge on any atom is -0.489 e. The van der Waals surface area contributed by atoms with Gasteiger partial charge in [-0.2, -0.15) is 0 Å². The van der Waals surface area contributed by atoms with Crippen molar-refractivity contribution in [3.05, 3.63) is 87.4 Å². The molecule has 2 aliphatic carbocycles. The number of rotatable bonds is 12. The van der Waals surface area contributed by atoms with Crippen LogP contribution < -0.4 is 29.9 Å². The van der Waals surface area contributed by atoms with Crippen LogP contribution in [0.4, 0.5) is 10.1 Å². The number of hydrogen-bond donors (Lipinski definition) is 3. The summed E-state index contributed by atoms with van der Waals surface area (Å²) in [5, 5.41) is 0.732. The van der Waals surface area contributed by atoms with Gasteiger partial charge in [-0.1, -0.05) is 54.8 Å². The van der Waals surface area contributed by atoms with E-state index in [1.165, 1.54) is 34.9 Å². The first-order chi connectivity index (χ1) is 28.7. The Morgan fingerprint density at radius 3 is 2.48 bits per heavy atom. The Balaban J connectivity index is 0.975. The van der Waals surface area contributed by atoms with Crippen LogP contribution in [0.25, 0.3) is 5.57 Å². The molecule has 3 aliphatic heterocycles. The molecule has 0 bridgehead atoms. The molecule has 4 fully saturated rings. The lowest BCUT2D eigenvalue weighted by Gasteiger charge is -2.39. The number of halogens is 3. The van der Waals surface area contributed by atoms with Crippen molar-refractivity contribution in [3.8, 4) is 11.5 Å². The second-order valence-corrected chi connectivity index (χ2v) is 20.4. The highest BCUT2D eigenvalue weighted by Crippen LogP contribution is 2.44. The number of benzene rings is 3. The molecular weight excluding hydrogens is 828 g/mol. The fourth-order valence-electron chi connectivity index (χ4n) is 9.28. The number of allylic oxidation sites excluding steroid dienone is 1. The van der Waals surface area contributed by atoms with Crippen molar-refractivity contribution in [2.75, 3.05) is 64.0 Å². The molecule has 1 saturated carbocycles. The van der Waals surface area contributed by atoms with Gasteiger partial charge in [-0.15, -0.1) is 0 Å². The molecule has 11 nitrogen and oxygen atoms in total. The summed E-state index contributed by atoms with van der Waals surface area (Å²) in [5.41, 5.74) is 10.5. The summed E-state index contributed by atoms with van der Waals surface area (Å²) >= 11 is 12.7. The van der Waals surface area contributed by atoms with Gasteiger partial charge in [0.05, 0.1) is 15.5 Å². The number of hydrazine groups is 1. The quantitative estimate of drug-likeness (QED) is 0.166. The van der Waals surface area contributed by atoms with Crippen molar-refractivity contribution in [2.45, 2.75) is 87.9 Å². The van der Waals surface area contributed by atoms with Gasteiger partial charge in [0.15, 0.2) is 0 Å². The van der Waals surface area contributed by atoms with Crippen molar-refractivity contribution in [1.82, 2.24) is 20.5 Å². The van der Waals surface area contributed by atoms with Gasteiger partial charge in [-0.3, -0.25) is 20.5 Å². The maximum atomic E-state index is 15.1. The number of nitrogens with one attached hydrogen (secondary N) is 3. The lowest BCUT2D eigenvalue weighted by molar-refractivity contribution is -0.0323. The number of hydrogen-bond acceptors (Lipinski definition) is 10. The molecule has 3 aromatic carbocycles. The minimum absolute atomic E-state index is 0.0125. The second kappa shape index (κ2) is 18.1. The summed E-state index contributed by atoms with van der Waals surface area (Å²) in [4.78, 5) is 18.6. The number of piperazine rings is 1. The maximum absolute atomic E-state index is 15.1. The van der Waals surface area contributed by atoms with E-state index in [1.807, 2.05) is 24.3 Å². The number of anilines is 1. The maximum Gasteiger partial charge on any atom is 0.268 e. The van der Waals surface area contributed by atoms with Crippen LogP contribution in [0.3, 0.4) is 0 Å². The predicted molar refractivity (Wildman–Crippen MR) is 233 cm³/mol. The third-order valence-electron chi connectivity index (χ3n) is 13.0. The van der Waals surface area contributed by atoms with E-state index in [-0.39, 0.29) is 64.2 Å². The van der Waals surface area contributed by atoms with Gasteiger partial charge in [0.25, 0.3) is 15.9 Å². The van der Waals surface area contributed by atoms with E-state index >= 15 is 4.39 Å². The molecule has 8 rings (SSSR count). The number of carbonyl (C=O) groups is 1. The minimum atomic E-state index is -4.37. The van der Waals surface area contributed by atoms with Crippen LogP contribution in [0.5, 0.6) is 11.5 Å². The molecule has 3 atom stereocenters. The first-order valence-corrected chi connectivity index (χ1v) is 23.5. The van der Waals surface area contributed by atoms with Crippen LogP contribution in [-0.2, 0) is 14.8 Å². The van der Waals surface area contributed by atoms with Gasteiger partial charge in [-0.25, -0.2) is 17.5 Å². The average molecular weight is 885 g/mol. The first kappa shape index (κ1) is 43.2. The van der Waals surface area contributed by atoms with E-state index < -0.39 is 21.6 Å². The fraction of sp³-hybridized carbons (Fsp3) is 0.533. The Bertz CT molecular complexity index is 2180. The van der Waals surface area contributed by atoms with Gasteiger partial charge >= 0.3 is 0 Å². The first-order valence-electron chi connectivity index (χ1n) is 21.2. The van der Waals surface area contributed by atoms with Gasteiger partial charge in [0.1, 0.15) is 29.9 Å². The normalized spacial score (nSPS) is 24.5. The second-order valence-electron chi connectivity index (χ2n) is 17.8. The molecule has 15 heteroatoms. The molecule has 324 valence electrons. The van der Waals surface area contributed by atoms with E-state index in [4.69, 9.17) is 37.4 Å². The molecule has 3 N–H and O–H groups in total. The summed E-state index contributed by atoms with van der Waals surface area (Å²) in [6, 6.07) is 17.8. The molecule has 1 amide bonds. The van der Waals surface area contributed by atoms with E-state index in [9.17, 15) is 13.2 Å². The summed E-state index contributed by atoms with van der Waals surface area (Å²) in [7, 11) is -4.37. The molecule has 3 unspecified atom stereocenters. The van der Waals surface area contributed by atoms with Crippen LogP contribution in [0, 0.1) is 11.3 Å². The van der Waals surface area contributed by atoms with Crippen molar-refractivity contribution in [2.24, 2.45) is 11.3 Å². The third kappa shape index (κ3) is 10.1. The fourth-order valence-corrected chi connectivity index (χ4v) is 10.7. The lowest BCUT2D eigenvalue weighted by atomic mass is 9.72. The number of amides is 1. The Morgan fingerprint density at radius 1 is 0.967 bits per heavy atom. The molecule has 3 heterocycles. The standard InChI is InChI=1S/C45H56Cl2FN5O6S/c1-44(2)15-14-31(36(26-44)30-6-8-32(46)9-7-30)28-52-18-20-53(21-19-52)33-10-12-35(42(24-33)59-40-5-3-4-39-37(40)27-49-50-39)43(54)51-60(55,56)34-11-13-41(38(47)25-34)58-29-45(48)16-22-57-23-17-45/h6-13,24-25,37,39-40,49-50H,3-5,14-23,26-29H2,1-2H3,(H,51,54). The SMILES string of the molecule is CC1(C)CCC(CN2CCN(c3ccc(C(=O)NS(=O)(=O)c4ccc(OCC5(F)CCOCC5)c(Cl)c4)c(OC4CCCC5NNCC54)c3)CC2)=C(c2ccc(Cl)cc2)C1. The topological polar surface area (TPSA) is 121 Å². The number of ether oxygens (including phenoxy) is 3. The van der Waals surface area contributed by atoms with Crippen LogP contribution >= 0.6 is 23.2 Å². The molecule has 0 radical (unpaired) electrons. The van der Waals surface area contributed by atoms with Crippen molar-refractivity contribution >= 4 is 50.4 Å². The summed E-state index contributed by atoms with van der Waals surface area (Å²) < 4.78 is 62.3. The third-order valence-corrected chi connectivity index (χ3v) is 14.8. The average Bonchev–Trinajstić information content (AvgIpc) is 3.72. The van der Waals surface area contributed by atoms with Crippen LogP contribution in [-0.4, -0.2) is 96.1 Å². The zero-order valence-corrected chi connectivity index (χ0v) is 36.7. The van der Waals surface area contributed by atoms with Crippen LogP contribution in [0.15, 0.2) is 71.1 Å². The molecule has 0 spiro atoms. The number of alkyl halides is 1. The van der Waals surface area contributed by atoms with Crippen molar-refractivity contribution < 1.29 is 31.8 Å². The zero-order valence-electron chi connectivity index (χ0n) is 34.4. The largest absolute Gasteiger partial charge is 0.489 e. The molecule has 3 saturated heterocycles. The molecule has 0 aromatic heterocycles. The number of nitrogens with zero attached hydrogens (tertiary/aromatic N) is 2. The summed E-state index contributed by atoms with van der Waals surface area (Å²) in [5.74, 6) is -0.119. The summed E-state index contributed by atoms with van der Waals surface area (Å²) in [6.45, 7) is 10.1. The number of carbonyl (C=O) groups excluding carboxylic acids is 1. The van der Waals surface area contributed by atoms with Crippen molar-refractivity contribution in [3.63, 3.8) is 0 Å². The summed E-state index contributed by atoms with van der Waals surface area (Å²) in [6.07, 6.45) is 6.32. The van der Waals surface area contributed by atoms with E-state index in [2.05, 4.69) is 51.4 Å². The molecule has 60 heavy (non-hydrogen) atoms. The van der Waals surface area contributed by atoms with Gasteiger partial charge < -0.3 is 19.1 Å². The monoisotopic (exact) mass is 883 g/mol. The Labute approximate surface area is 363 Å². The van der Waals surface area contributed by atoms with Gasteiger partial charge in [0.2, 0.25) is 0 Å². The molecular formula is C45H56Cl2FN5O6S. The molecule has 5 aliphatic rings. The van der Waals surface area contributed by atoms with Gasteiger partial charge in [0, 0.05) is 94.1 Å². The molecule has 3 aromatic rings. The highest BCUT2D eigenvalue weighted by atomic mass is 35.5.